The van der Waals surface area contributed by atoms with E-state index >= 15 is 0 Å². The first-order chi connectivity index (χ1) is 4.70. The van der Waals surface area contributed by atoms with Gasteiger partial charge in [-0.3, -0.25) is 4.79 Å². The Morgan fingerprint density at radius 3 is 2.60 bits per heavy atom. The van der Waals surface area contributed by atoms with Crippen LogP contribution in [0.4, 0.5) is 0 Å². The van der Waals surface area contributed by atoms with Crippen LogP contribution in [-0.4, -0.2) is 24.9 Å². The Hall–Kier alpha value is -0.530. The highest BCUT2D eigenvalue weighted by atomic mass is 16.1. The number of hydrogen-bond acceptors (Lipinski definition) is 1. The molecule has 0 saturated heterocycles. The molecule has 0 aliphatic carbocycles. The molecule has 0 N–H and O–H groups in total. The maximum atomic E-state index is 10.2. The molecule has 1 atom stereocenters. The van der Waals surface area contributed by atoms with Crippen LogP contribution in [0.1, 0.15) is 26.7 Å². The standard InChI is InChI=1S/C8H17NO/c1-4-5-8(2)6-9(3)7-10/h7-8H,4-6H2,1-3H3. The molecule has 10 heavy (non-hydrogen) atoms. The van der Waals surface area contributed by atoms with Crippen LogP contribution in [0.25, 0.3) is 0 Å². The fourth-order valence-electron chi connectivity index (χ4n) is 1.12. The SMILES string of the molecule is CCCC(C)CN(C)C=O. The third kappa shape index (κ3) is 4.36. The summed E-state index contributed by atoms with van der Waals surface area (Å²) in [4.78, 5) is 11.9. The van der Waals surface area contributed by atoms with Crippen molar-refractivity contribution in [3.05, 3.63) is 0 Å². The van der Waals surface area contributed by atoms with Crippen molar-refractivity contribution in [2.45, 2.75) is 26.7 Å². The summed E-state index contributed by atoms with van der Waals surface area (Å²) in [5, 5.41) is 0. The molecule has 0 aliphatic rings. The maximum Gasteiger partial charge on any atom is 0.209 e. The van der Waals surface area contributed by atoms with Crippen LogP contribution >= 0.6 is 0 Å². The summed E-state index contributed by atoms with van der Waals surface area (Å²) in [6, 6.07) is 0. The molecular weight excluding hydrogens is 126 g/mol. The van der Waals surface area contributed by atoms with Gasteiger partial charge in [0.05, 0.1) is 0 Å². The molecule has 0 heterocycles. The predicted octanol–water partition coefficient (Wildman–Crippen LogP) is 1.51. The second-order valence-corrected chi connectivity index (χ2v) is 2.94. The second-order valence-electron chi connectivity index (χ2n) is 2.94. The number of nitrogens with zero attached hydrogens (tertiary/aromatic N) is 1. The van der Waals surface area contributed by atoms with Crippen molar-refractivity contribution < 1.29 is 4.79 Å². The Labute approximate surface area is 63.2 Å². The Kier molecular flexibility index (Phi) is 4.99. The zero-order valence-corrected chi connectivity index (χ0v) is 7.13. The molecule has 1 unspecified atom stereocenters. The zero-order chi connectivity index (χ0) is 7.98. The summed E-state index contributed by atoms with van der Waals surface area (Å²) in [6.45, 7) is 5.22. The number of carbonyl (C=O) groups excluding carboxylic acids is 1. The van der Waals surface area contributed by atoms with Crippen LogP contribution in [0.5, 0.6) is 0 Å². The van der Waals surface area contributed by atoms with Gasteiger partial charge < -0.3 is 4.90 Å². The van der Waals surface area contributed by atoms with Gasteiger partial charge in [-0.25, -0.2) is 0 Å². The third-order valence-electron chi connectivity index (χ3n) is 1.56. The molecule has 0 saturated carbocycles. The second kappa shape index (κ2) is 5.27. The third-order valence-corrected chi connectivity index (χ3v) is 1.56. The molecule has 0 aromatic carbocycles. The summed E-state index contributed by atoms with van der Waals surface area (Å²) < 4.78 is 0. The van der Waals surface area contributed by atoms with Gasteiger partial charge in [-0.05, 0) is 12.3 Å². The van der Waals surface area contributed by atoms with Crippen molar-refractivity contribution in [2.75, 3.05) is 13.6 Å². The predicted molar refractivity (Wildman–Crippen MR) is 42.8 cm³/mol. The van der Waals surface area contributed by atoms with E-state index in [1.807, 2.05) is 7.05 Å². The lowest BCUT2D eigenvalue weighted by molar-refractivity contribution is -0.117. The van der Waals surface area contributed by atoms with E-state index in [0.29, 0.717) is 5.92 Å². The number of amides is 1. The fourth-order valence-corrected chi connectivity index (χ4v) is 1.12. The molecule has 0 aromatic rings. The molecule has 0 bridgehead atoms. The van der Waals surface area contributed by atoms with Gasteiger partial charge in [-0.2, -0.15) is 0 Å². The highest BCUT2D eigenvalue weighted by molar-refractivity contribution is 5.46. The lowest BCUT2D eigenvalue weighted by Crippen LogP contribution is -2.22. The molecule has 2 heteroatoms. The van der Waals surface area contributed by atoms with Gasteiger partial charge in [-0.1, -0.05) is 20.3 Å². The highest BCUT2D eigenvalue weighted by Gasteiger charge is 2.01. The van der Waals surface area contributed by atoms with Crippen LogP contribution in [0, 0.1) is 5.92 Å². The lowest BCUT2D eigenvalue weighted by atomic mass is 10.1. The van der Waals surface area contributed by atoms with E-state index in [-0.39, 0.29) is 0 Å². The summed E-state index contributed by atoms with van der Waals surface area (Å²) in [5.41, 5.74) is 0. The van der Waals surface area contributed by atoms with Crippen molar-refractivity contribution >= 4 is 6.41 Å². The van der Waals surface area contributed by atoms with E-state index in [4.69, 9.17) is 0 Å². The average molecular weight is 143 g/mol. The van der Waals surface area contributed by atoms with Crippen LogP contribution in [0.2, 0.25) is 0 Å². The van der Waals surface area contributed by atoms with E-state index in [1.165, 1.54) is 12.8 Å². The van der Waals surface area contributed by atoms with Crippen LogP contribution in [0.15, 0.2) is 0 Å². The first kappa shape index (κ1) is 9.47. The first-order valence-corrected chi connectivity index (χ1v) is 3.86. The monoisotopic (exact) mass is 143 g/mol. The summed E-state index contributed by atoms with van der Waals surface area (Å²) in [7, 11) is 1.82. The number of rotatable bonds is 5. The van der Waals surface area contributed by atoms with Crippen molar-refractivity contribution in [3.63, 3.8) is 0 Å². The van der Waals surface area contributed by atoms with Crippen LogP contribution in [-0.2, 0) is 4.79 Å². The Balaban J connectivity index is 3.36. The molecule has 2 nitrogen and oxygen atoms in total. The van der Waals surface area contributed by atoms with E-state index < -0.39 is 0 Å². The van der Waals surface area contributed by atoms with Crippen LogP contribution < -0.4 is 0 Å². The van der Waals surface area contributed by atoms with E-state index in [9.17, 15) is 4.79 Å². The molecule has 0 spiro atoms. The molecule has 0 fully saturated rings. The normalized spacial score (nSPS) is 12.7. The fraction of sp³-hybridized carbons (Fsp3) is 0.875. The van der Waals surface area contributed by atoms with Crippen molar-refractivity contribution in [3.8, 4) is 0 Å². The maximum absolute atomic E-state index is 10.2. The van der Waals surface area contributed by atoms with Gasteiger partial charge in [0.25, 0.3) is 0 Å². The molecule has 1 amide bonds. The topological polar surface area (TPSA) is 20.3 Å². The molecule has 0 aromatic heterocycles. The van der Waals surface area contributed by atoms with Crippen molar-refractivity contribution in [2.24, 2.45) is 5.92 Å². The molecular formula is C8H17NO. The van der Waals surface area contributed by atoms with Crippen LogP contribution in [0.3, 0.4) is 0 Å². The smallest absolute Gasteiger partial charge is 0.209 e. The van der Waals surface area contributed by atoms with Crippen molar-refractivity contribution in [1.82, 2.24) is 4.90 Å². The lowest BCUT2D eigenvalue weighted by Gasteiger charge is -2.15. The van der Waals surface area contributed by atoms with Gasteiger partial charge in [-0.15, -0.1) is 0 Å². The zero-order valence-electron chi connectivity index (χ0n) is 7.13. The van der Waals surface area contributed by atoms with Gasteiger partial charge in [0.1, 0.15) is 0 Å². The quantitative estimate of drug-likeness (QED) is 0.534. The molecule has 0 aliphatic heterocycles. The van der Waals surface area contributed by atoms with E-state index in [1.54, 1.807) is 4.90 Å². The minimum atomic E-state index is 0.639. The van der Waals surface area contributed by atoms with Gasteiger partial charge in [0.15, 0.2) is 0 Å². The van der Waals surface area contributed by atoms with E-state index in [2.05, 4.69) is 13.8 Å². The van der Waals surface area contributed by atoms with Gasteiger partial charge in [0, 0.05) is 13.6 Å². The minimum Gasteiger partial charge on any atom is -0.348 e. The molecule has 0 rings (SSSR count). The molecule has 0 radical (unpaired) electrons. The number of hydrogen-bond donors (Lipinski definition) is 0. The average Bonchev–Trinajstić information content (AvgIpc) is 1.88. The Bertz CT molecular complexity index is 93.3. The summed E-state index contributed by atoms with van der Waals surface area (Å²) in [5.74, 6) is 0.639. The van der Waals surface area contributed by atoms with Crippen molar-refractivity contribution in [1.29, 1.82) is 0 Å². The van der Waals surface area contributed by atoms with Gasteiger partial charge in [0.2, 0.25) is 6.41 Å². The number of carbonyl (C=O) groups is 1. The first-order valence-electron chi connectivity index (χ1n) is 3.86. The summed E-state index contributed by atoms with van der Waals surface area (Å²) >= 11 is 0. The highest BCUT2D eigenvalue weighted by Crippen LogP contribution is 2.04. The van der Waals surface area contributed by atoms with Gasteiger partial charge >= 0.3 is 0 Å². The Morgan fingerprint density at radius 1 is 1.60 bits per heavy atom. The van der Waals surface area contributed by atoms with E-state index in [0.717, 1.165) is 13.0 Å². The largest absolute Gasteiger partial charge is 0.348 e. The minimum absolute atomic E-state index is 0.639. The Morgan fingerprint density at radius 2 is 2.20 bits per heavy atom. The summed E-state index contributed by atoms with van der Waals surface area (Å²) in [6.07, 6.45) is 3.29. The molecule has 60 valence electrons.